The van der Waals surface area contributed by atoms with Crippen LogP contribution in [0.25, 0.3) is 11.3 Å². The number of aromatic nitrogens is 2. The maximum absolute atomic E-state index is 12.4. The first-order valence-corrected chi connectivity index (χ1v) is 6.94. The summed E-state index contributed by atoms with van der Waals surface area (Å²) >= 11 is 0. The van der Waals surface area contributed by atoms with Crippen molar-refractivity contribution < 1.29 is 28.2 Å². The number of hydrogen-bond donors (Lipinski definition) is 2. The van der Waals surface area contributed by atoms with Gasteiger partial charge >= 0.3 is 12.6 Å². The van der Waals surface area contributed by atoms with Crippen molar-refractivity contribution >= 4 is 11.9 Å². The second kappa shape index (κ2) is 7.53. The molecule has 2 aromatic rings. The molecule has 2 N–H and O–H groups in total. The van der Waals surface area contributed by atoms with E-state index in [1.807, 2.05) is 0 Å². The van der Waals surface area contributed by atoms with Crippen molar-refractivity contribution in [2.75, 3.05) is 13.6 Å². The molecule has 0 aliphatic heterocycles. The Morgan fingerprint density at radius 1 is 1.42 bits per heavy atom. The zero-order valence-corrected chi connectivity index (χ0v) is 12.7. The minimum absolute atomic E-state index is 0.0350. The highest BCUT2D eigenvalue weighted by molar-refractivity contribution is 5.99. The smallest absolute Gasteiger partial charge is 0.387 e. The Labute approximate surface area is 135 Å². The predicted octanol–water partition coefficient (Wildman–Crippen LogP) is 2.22. The van der Waals surface area contributed by atoms with E-state index in [1.165, 1.54) is 36.3 Å². The van der Waals surface area contributed by atoms with Gasteiger partial charge in [0.25, 0.3) is 5.91 Å². The van der Waals surface area contributed by atoms with Crippen molar-refractivity contribution in [2.45, 2.75) is 13.0 Å². The van der Waals surface area contributed by atoms with Crippen LogP contribution in [0.1, 0.15) is 16.8 Å². The highest BCUT2D eigenvalue weighted by Crippen LogP contribution is 2.26. The Morgan fingerprint density at radius 3 is 2.83 bits per heavy atom. The highest BCUT2D eigenvalue weighted by atomic mass is 19.3. The van der Waals surface area contributed by atoms with E-state index >= 15 is 0 Å². The first-order chi connectivity index (χ1) is 11.4. The summed E-state index contributed by atoms with van der Waals surface area (Å²) < 4.78 is 29.0. The van der Waals surface area contributed by atoms with Gasteiger partial charge in [0.15, 0.2) is 0 Å². The molecule has 7 nitrogen and oxygen atoms in total. The summed E-state index contributed by atoms with van der Waals surface area (Å²) in [7, 11) is 1.47. The summed E-state index contributed by atoms with van der Waals surface area (Å²) in [5.74, 6) is -1.49. The summed E-state index contributed by atoms with van der Waals surface area (Å²) in [5, 5.41) is 15.1. The Morgan fingerprint density at radius 2 is 2.17 bits per heavy atom. The molecule has 1 amide bonds. The zero-order valence-electron chi connectivity index (χ0n) is 12.7. The van der Waals surface area contributed by atoms with E-state index in [1.54, 1.807) is 6.07 Å². The second-order valence-corrected chi connectivity index (χ2v) is 4.94. The molecule has 128 valence electrons. The van der Waals surface area contributed by atoms with Crippen LogP contribution >= 0.6 is 0 Å². The Hall–Kier alpha value is -2.97. The molecule has 0 bridgehead atoms. The summed E-state index contributed by atoms with van der Waals surface area (Å²) in [6.07, 6.45) is 1.11. The molecule has 0 fully saturated rings. The number of rotatable bonds is 7. The zero-order chi connectivity index (χ0) is 17.7. The topological polar surface area (TPSA) is 95.5 Å². The van der Waals surface area contributed by atoms with E-state index in [4.69, 9.17) is 5.11 Å². The molecule has 2 rings (SSSR count). The molecular formula is C15H15F2N3O4. The number of amides is 1. The third-order valence-electron chi connectivity index (χ3n) is 3.23. The highest BCUT2D eigenvalue weighted by Gasteiger charge is 2.20. The van der Waals surface area contributed by atoms with Crippen LogP contribution in [0.4, 0.5) is 8.78 Å². The number of carbonyl (C=O) groups is 2. The van der Waals surface area contributed by atoms with Crippen LogP contribution in [0.3, 0.4) is 0 Å². The molecule has 0 radical (unpaired) electrons. The summed E-state index contributed by atoms with van der Waals surface area (Å²) in [4.78, 5) is 24.2. The molecule has 0 aliphatic rings. The number of benzene rings is 1. The number of aliphatic carboxylic acids is 1. The summed E-state index contributed by atoms with van der Waals surface area (Å²) in [6, 6.07) is 5.84. The summed E-state index contributed by atoms with van der Waals surface area (Å²) in [6.45, 7) is -2.92. The van der Waals surface area contributed by atoms with Gasteiger partial charge in [0.1, 0.15) is 5.75 Å². The van der Waals surface area contributed by atoms with Crippen molar-refractivity contribution in [3.63, 3.8) is 0 Å². The van der Waals surface area contributed by atoms with Gasteiger partial charge in [-0.05, 0) is 12.1 Å². The number of H-pyrrole nitrogens is 1. The van der Waals surface area contributed by atoms with Crippen molar-refractivity contribution in [3.8, 4) is 17.0 Å². The SMILES string of the molecule is CN(CCC(=O)O)C(=O)c1cn[nH]c1-c1cccc(OC(F)F)c1. The number of nitrogens with one attached hydrogen (secondary N) is 1. The van der Waals surface area contributed by atoms with Gasteiger partial charge in [0.2, 0.25) is 0 Å². The maximum Gasteiger partial charge on any atom is 0.387 e. The third-order valence-corrected chi connectivity index (χ3v) is 3.23. The van der Waals surface area contributed by atoms with E-state index < -0.39 is 18.5 Å². The van der Waals surface area contributed by atoms with Gasteiger partial charge in [0, 0.05) is 19.2 Å². The Kier molecular flexibility index (Phi) is 5.46. The molecule has 0 aliphatic carbocycles. The van der Waals surface area contributed by atoms with Gasteiger partial charge < -0.3 is 14.7 Å². The number of carbonyl (C=O) groups excluding carboxylic acids is 1. The van der Waals surface area contributed by atoms with Crippen LogP contribution in [0.5, 0.6) is 5.75 Å². The maximum atomic E-state index is 12.4. The quantitative estimate of drug-likeness (QED) is 0.806. The molecule has 1 aromatic carbocycles. The lowest BCUT2D eigenvalue weighted by molar-refractivity contribution is -0.137. The van der Waals surface area contributed by atoms with Crippen molar-refractivity contribution in [3.05, 3.63) is 36.0 Å². The molecule has 9 heteroatoms. The summed E-state index contributed by atoms with van der Waals surface area (Å²) in [5.41, 5.74) is 0.986. The van der Waals surface area contributed by atoms with Crippen LogP contribution in [0, 0.1) is 0 Å². The van der Waals surface area contributed by atoms with Crippen molar-refractivity contribution in [1.82, 2.24) is 15.1 Å². The number of alkyl halides is 2. The third kappa shape index (κ3) is 4.28. The molecule has 0 saturated heterocycles. The minimum atomic E-state index is -2.95. The lowest BCUT2D eigenvalue weighted by Gasteiger charge is -2.16. The number of carboxylic acids is 1. The molecule has 0 unspecified atom stereocenters. The molecule has 24 heavy (non-hydrogen) atoms. The molecule has 1 aromatic heterocycles. The number of halogens is 2. The lowest BCUT2D eigenvalue weighted by Crippen LogP contribution is -2.29. The fourth-order valence-corrected chi connectivity index (χ4v) is 2.07. The fourth-order valence-electron chi connectivity index (χ4n) is 2.07. The first kappa shape index (κ1) is 17.4. The Balaban J connectivity index is 2.23. The second-order valence-electron chi connectivity index (χ2n) is 4.94. The van der Waals surface area contributed by atoms with E-state index in [2.05, 4.69) is 14.9 Å². The van der Waals surface area contributed by atoms with Crippen LogP contribution in [0.15, 0.2) is 30.5 Å². The van der Waals surface area contributed by atoms with Crippen molar-refractivity contribution in [1.29, 1.82) is 0 Å². The predicted molar refractivity (Wildman–Crippen MR) is 79.9 cm³/mol. The normalized spacial score (nSPS) is 10.7. The van der Waals surface area contributed by atoms with Gasteiger partial charge in [-0.1, -0.05) is 12.1 Å². The largest absolute Gasteiger partial charge is 0.481 e. The van der Waals surface area contributed by atoms with Gasteiger partial charge in [-0.25, -0.2) is 0 Å². The number of aromatic amines is 1. The van der Waals surface area contributed by atoms with Crippen LogP contribution in [-0.2, 0) is 4.79 Å². The van der Waals surface area contributed by atoms with Gasteiger partial charge in [0.05, 0.1) is 23.9 Å². The molecule has 1 heterocycles. The first-order valence-electron chi connectivity index (χ1n) is 6.94. The monoisotopic (exact) mass is 339 g/mol. The standard InChI is InChI=1S/C15H15F2N3O4/c1-20(6-5-12(21)22)14(23)11-8-18-19-13(11)9-3-2-4-10(7-9)24-15(16)17/h2-4,7-8,15H,5-6H2,1H3,(H,18,19)(H,21,22). The van der Waals surface area contributed by atoms with Gasteiger partial charge in [-0.15, -0.1) is 0 Å². The minimum Gasteiger partial charge on any atom is -0.481 e. The van der Waals surface area contributed by atoms with Gasteiger partial charge in [-0.2, -0.15) is 13.9 Å². The number of ether oxygens (including phenoxy) is 1. The fraction of sp³-hybridized carbons (Fsp3) is 0.267. The van der Waals surface area contributed by atoms with E-state index in [0.29, 0.717) is 11.3 Å². The van der Waals surface area contributed by atoms with E-state index in [0.717, 1.165) is 0 Å². The van der Waals surface area contributed by atoms with Gasteiger partial charge in [-0.3, -0.25) is 14.7 Å². The van der Waals surface area contributed by atoms with Crippen LogP contribution in [-0.4, -0.2) is 52.3 Å². The molecular weight excluding hydrogens is 324 g/mol. The van der Waals surface area contributed by atoms with Crippen LogP contribution in [0.2, 0.25) is 0 Å². The average molecular weight is 339 g/mol. The van der Waals surface area contributed by atoms with Crippen molar-refractivity contribution in [2.24, 2.45) is 0 Å². The average Bonchev–Trinajstić information content (AvgIpc) is 3.01. The molecule has 0 atom stereocenters. The number of nitrogens with zero attached hydrogens (tertiary/aromatic N) is 2. The number of hydrogen-bond acceptors (Lipinski definition) is 4. The molecule has 0 spiro atoms. The molecule has 0 saturated carbocycles. The number of carboxylic acid groups (broad SMARTS) is 1. The van der Waals surface area contributed by atoms with E-state index in [9.17, 15) is 18.4 Å². The van der Waals surface area contributed by atoms with Crippen LogP contribution < -0.4 is 4.74 Å². The Bertz CT molecular complexity index is 733. The van der Waals surface area contributed by atoms with E-state index in [-0.39, 0.29) is 24.3 Å². The lowest BCUT2D eigenvalue weighted by atomic mass is 10.1.